The van der Waals surface area contributed by atoms with E-state index in [1.54, 1.807) is 12.3 Å². The fourth-order valence-corrected chi connectivity index (χ4v) is 4.68. The molecule has 1 saturated carbocycles. The predicted molar refractivity (Wildman–Crippen MR) is 126 cm³/mol. The van der Waals surface area contributed by atoms with Gasteiger partial charge in [0.2, 0.25) is 5.91 Å². The lowest BCUT2D eigenvalue weighted by Gasteiger charge is -2.23. The van der Waals surface area contributed by atoms with Crippen LogP contribution in [-0.2, 0) is 9.53 Å². The molecule has 4 N–H and O–H groups in total. The van der Waals surface area contributed by atoms with Gasteiger partial charge in [0.05, 0.1) is 5.02 Å². The molecular formula is C23H28Cl2N4O2. The third-order valence-corrected chi connectivity index (χ3v) is 6.77. The number of ether oxygens (including phenoxy) is 1. The Morgan fingerprint density at radius 1 is 1.10 bits per heavy atom. The maximum Gasteiger partial charge on any atom is 0.228 e. The van der Waals surface area contributed by atoms with Gasteiger partial charge >= 0.3 is 0 Å². The molecule has 1 aliphatic carbocycles. The first-order chi connectivity index (χ1) is 15.0. The molecule has 2 aromatic rings. The van der Waals surface area contributed by atoms with Crippen LogP contribution < -0.4 is 16.4 Å². The second-order valence-corrected chi connectivity index (χ2v) is 9.25. The second kappa shape index (κ2) is 10.2. The summed E-state index contributed by atoms with van der Waals surface area (Å²) in [6.45, 7) is 2.54. The number of nitrogens with one attached hydrogen (secondary N) is 2. The first-order valence-corrected chi connectivity index (χ1v) is 11.6. The van der Waals surface area contributed by atoms with Crippen LogP contribution in [0.4, 0.5) is 11.5 Å². The number of carbonyl (C=O) groups excluding carboxylic acids is 1. The van der Waals surface area contributed by atoms with Crippen molar-refractivity contribution in [3.05, 3.63) is 40.5 Å². The van der Waals surface area contributed by atoms with E-state index in [4.69, 9.17) is 33.7 Å². The van der Waals surface area contributed by atoms with E-state index < -0.39 is 0 Å². The molecule has 4 rings (SSSR count). The lowest BCUT2D eigenvalue weighted by molar-refractivity contribution is -0.119. The minimum atomic E-state index is -0.0720. The Bertz CT molecular complexity index is 934. The average molecular weight is 463 g/mol. The van der Waals surface area contributed by atoms with Crippen LogP contribution in [0.3, 0.4) is 0 Å². The number of carbonyl (C=O) groups is 1. The van der Waals surface area contributed by atoms with Gasteiger partial charge in [0.15, 0.2) is 0 Å². The molecule has 166 valence electrons. The summed E-state index contributed by atoms with van der Waals surface area (Å²) in [5, 5.41) is 7.48. The molecule has 6 nitrogen and oxygen atoms in total. The second-order valence-electron chi connectivity index (χ2n) is 8.44. The fraction of sp³-hybridized carbons (Fsp3) is 0.478. The van der Waals surface area contributed by atoms with Crippen LogP contribution in [0.25, 0.3) is 11.1 Å². The third kappa shape index (κ3) is 5.69. The Morgan fingerprint density at radius 3 is 2.61 bits per heavy atom. The molecule has 2 fully saturated rings. The van der Waals surface area contributed by atoms with Crippen LogP contribution in [0.5, 0.6) is 0 Å². The average Bonchev–Trinajstić information content (AvgIpc) is 3.22. The van der Waals surface area contributed by atoms with Crippen LogP contribution in [0.15, 0.2) is 30.5 Å². The number of halogens is 2. The molecule has 31 heavy (non-hydrogen) atoms. The highest BCUT2D eigenvalue weighted by molar-refractivity contribution is 6.36. The first kappa shape index (κ1) is 22.3. The van der Waals surface area contributed by atoms with Gasteiger partial charge in [0, 0.05) is 59.8 Å². The van der Waals surface area contributed by atoms with Crippen molar-refractivity contribution < 1.29 is 9.53 Å². The van der Waals surface area contributed by atoms with Crippen LogP contribution in [0.1, 0.15) is 32.1 Å². The van der Waals surface area contributed by atoms with E-state index >= 15 is 0 Å². The molecule has 2 atom stereocenters. The maximum atomic E-state index is 12.6. The van der Waals surface area contributed by atoms with Crippen LogP contribution in [0, 0.1) is 11.8 Å². The van der Waals surface area contributed by atoms with E-state index in [1.165, 1.54) is 0 Å². The summed E-state index contributed by atoms with van der Waals surface area (Å²) < 4.78 is 5.43. The van der Waals surface area contributed by atoms with Gasteiger partial charge in [-0.1, -0.05) is 23.2 Å². The van der Waals surface area contributed by atoms with Crippen LogP contribution in [0.2, 0.25) is 10.0 Å². The molecule has 0 unspecified atom stereocenters. The van der Waals surface area contributed by atoms with Crippen molar-refractivity contribution in [2.75, 3.05) is 30.4 Å². The van der Waals surface area contributed by atoms with Crippen molar-refractivity contribution in [2.24, 2.45) is 17.6 Å². The highest BCUT2D eigenvalue weighted by Gasteiger charge is 2.28. The molecule has 2 heterocycles. The molecule has 1 aromatic heterocycles. The van der Waals surface area contributed by atoms with Gasteiger partial charge in [-0.2, -0.15) is 0 Å². The van der Waals surface area contributed by atoms with Gasteiger partial charge < -0.3 is 21.1 Å². The number of hydrogen-bond acceptors (Lipinski definition) is 5. The largest absolute Gasteiger partial charge is 0.385 e. The summed E-state index contributed by atoms with van der Waals surface area (Å²) in [6, 6.07) is 7.69. The summed E-state index contributed by atoms with van der Waals surface area (Å²) in [7, 11) is 0. The number of amides is 1. The van der Waals surface area contributed by atoms with Crippen molar-refractivity contribution in [2.45, 2.75) is 38.1 Å². The fourth-order valence-electron chi connectivity index (χ4n) is 4.25. The Labute approximate surface area is 192 Å². The smallest absolute Gasteiger partial charge is 0.228 e. The lowest BCUT2D eigenvalue weighted by Crippen LogP contribution is -2.23. The van der Waals surface area contributed by atoms with Gasteiger partial charge in [0.25, 0.3) is 0 Å². The topological polar surface area (TPSA) is 89.3 Å². The van der Waals surface area contributed by atoms with E-state index in [0.717, 1.165) is 62.3 Å². The highest BCUT2D eigenvalue weighted by atomic mass is 35.5. The number of benzene rings is 1. The van der Waals surface area contributed by atoms with E-state index in [9.17, 15) is 4.79 Å². The Morgan fingerprint density at radius 2 is 1.87 bits per heavy atom. The van der Waals surface area contributed by atoms with Crippen molar-refractivity contribution in [1.82, 2.24) is 4.98 Å². The quantitative estimate of drug-likeness (QED) is 0.564. The zero-order valence-corrected chi connectivity index (χ0v) is 18.9. The minimum Gasteiger partial charge on any atom is -0.385 e. The molecule has 0 radical (unpaired) electrons. The zero-order chi connectivity index (χ0) is 21.8. The van der Waals surface area contributed by atoms with Crippen LogP contribution in [-0.4, -0.2) is 36.7 Å². The third-order valence-electron chi connectivity index (χ3n) is 6.14. The van der Waals surface area contributed by atoms with Crippen molar-refractivity contribution in [1.29, 1.82) is 0 Å². The number of rotatable bonds is 6. The molecule has 1 aromatic carbocycles. The summed E-state index contributed by atoms with van der Waals surface area (Å²) in [5.41, 5.74) is 8.44. The van der Waals surface area contributed by atoms with Crippen LogP contribution >= 0.6 is 23.2 Å². The standard InChI is InChI=1S/C23H28Cl2N4O2/c24-20-4-3-17(27-12-14-5-7-31-8-6-14)10-18(20)19-11-22(28-13-21(19)25)29-23(30)15-1-2-16(26)9-15/h3-4,10-11,13-16,27H,1-2,5-9,12,26H2,(H,28,29,30)/t15-,16+/m0/s1. The monoisotopic (exact) mass is 462 g/mol. The molecule has 1 saturated heterocycles. The number of hydrogen-bond donors (Lipinski definition) is 3. The van der Waals surface area contributed by atoms with Crippen molar-refractivity contribution in [3.8, 4) is 11.1 Å². The summed E-state index contributed by atoms with van der Waals surface area (Å²) in [4.78, 5) is 16.8. The summed E-state index contributed by atoms with van der Waals surface area (Å²) in [5.74, 6) is 0.938. The number of pyridine rings is 1. The van der Waals surface area contributed by atoms with Gasteiger partial charge in [-0.25, -0.2) is 4.98 Å². The number of aromatic nitrogens is 1. The van der Waals surface area contributed by atoms with Gasteiger partial charge in [-0.05, 0) is 62.3 Å². The Hall–Kier alpha value is -1.86. The SMILES string of the molecule is N[C@@H]1CC[C@H](C(=O)Nc2cc(-c3cc(NCC4CCOCC4)ccc3Cl)c(Cl)cn2)C1. The molecule has 0 spiro atoms. The van der Waals surface area contributed by atoms with E-state index in [2.05, 4.69) is 15.6 Å². The summed E-state index contributed by atoms with van der Waals surface area (Å²) >= 11 is 13.0. The predicted octanol–water partition coefficient (Wildman–Crippen LogP) is 4.96. The van der Waals surface area contributed by atoms with E-state index in [0.29, 0.717) is 28.2 Å². The maximum absolute atomic E-state index is 12.6. The van der Waals surface area contributed by atoms with Gasteiger partial charge in [0.1, 0.15) is 5.82 Å². The lowest BCUT2D eigenvalue weighted by atomic mass is 10.00. The zero-order valence-electron chi connectivity index (χ0n) is 17.4. The molecular weight excluding hydrogens is 435 g/mol. The van der Waals surface area contributed by atoms with E-state index in [1.807, 2.05) is 18.2 Å². The van der Waals surface area contributed by atoms with Gasteiger partial charge in [-0.3, -0.25) is 4.79 Å². The van der Waals surface area contributed by atoms with Crippen molar-refractivity contribution in [3.63, 3.8) is 0 Å². The van der Waals surface area contributed by atoms with Gasteiger partial charge in [-0.15, -0.1) is 0 Å². The van der Waals surface area contributed by atoms with Crippen molar-refractivity contribution >= 4 is 40.6 Å². The van der Waals surface area contributed by atoms with E-state index in [-0.39, 0.29) is 17.9 Å². The Balaban J connectivity index is 1.49. The normalized spacial score (nSPS) is 21.8. The molecule has 2 aliphatic rings. The molecule has 0 bridgehead atoms. The summed E-state index contributed by atoms with van der Waals surface area (Å²) in [6.07, 6.45) is 6.07. The highest BCUT2D eigenvalue weighted by Crippen LogP contribution is 2.36. The number of anilines is 2. The minimum absolute atomic E-state index is 0.0494. The molecule has 8 heteroatoms. The molecule has 1 amide bonds. The first-order valence-electron chi connectivity index (χ1n) is 10.8. The molecule has 1 aliphatic heterocycles. The number of nitrogens with zero attached hydrogens (tertiary/aromatic N) is 1. The number of nitrogens with two attached hydrogens (primary N) is 1. The Kier molecular flexibility index (Phi) is 7.33.